The average Bonchev–Trinajstić information content (AvgIpc) is 2.56. The third-order valence-corrected chi connectivity index (χ3v) is 2.35. The lowest BCUT2D eigenvalue weighted by molar-refractivity contribution is 0.0635. The molecule has 2 aromatic rings. The molecule has 0 saturated carbocycles. The maximum Gasteiger partial charge on any atom is 0.413 e. The summed E-state index contributed by atoms with van der Waals surface area (Å²) >= 11 is 0. The number of aryl methyl sites for hydroxylation is 2. The van der Waals surface area contributed by atoms with Crippen molar-refractivity contribution in [2.45, 2.75) is 40.2 Å². The van der Waals surface area contributed by atoms with E-state index in [0.717, 1.165) is 17.0 Å². The normalized spacial score (nSPS) is 11.6. The molecule has 2 rings (SSSR count). The number of imidazole rings is 1. The van der Waals surface area contributed by atoms with Crippen molar-refractivity contribution in [3.05, 3.63) is 23.8 Å². The van der Waals surface area contributed by atoms with Crippen molar-refractivity contribution in [2.24, 2.45) is 0 Å². The van der Waals surface area contributed by atoms with Crippen LogP contribution in [-0.2, 0) is 4.74 Å². The van der Waals surface area contributed by atoms with E-state index in [0.29, 0.717) is 5.82 Å². The van der Waals surface area contributed by atoms with E-state index in [9.17, 15) is 4.79 Å². The minimum Gasteiger partial charge on any atom is -0.444 e. The van der Waals surface area contributed by atoms with Gasteiger partial charge < -0.3 is 9.14 Å². The van der Waals surface area contributed by atoms with Crippen LogP contribution in [0.2, 0.25) is 0 Å². The molecule has 1 amide bonds. The van der Waals surface area contributed by atoms with Gasteiger partial charge in [-0.1, -0.05) is 0 Å². The van der Waals surface area contributed by atoms with Crippen molar-refractivity contribution in [3.63, 3.8) is 0 Å². The van der Waals surface area contributed by atoms with Crippen molar-refractivity contribution in [3.8, 4) is 0 Å². The summed E-state index contributed by atoms with van der Waals surface area (Å²) in [4.78, 5) is 20.3. The number of fused-ring (bicyclic) bond motifs is 1. The van der Waals surface area contributed by atoms with Gasteiger partial charge in [0.25, 0.3) is 0 Å². The first-order valence-corrected chi connectivity index (χ1v) is 6.07. The fourth-order valence-corrected chi connectivity index (χ4v) is 1.77. The van der Waals surface area contributed by atoms with Crippen LogP contribution >= 0.6 is 0 Å². The van der Waals surface area contributed by atoms with Crippen LogP contribution < -0.4 is 5.32 Å². The number of carbonyl (C=O) groups excluding carboxylic acids is 1. The molecule has 0 spiro atoms. The van der Waals surface area contributed by atoms with E-state index in [-0.39, 0.29) is 0 Å². The second-order valence-corrected chi connectivity index (χ2v) is 5.45. The summed E-state index contributed by atoms with van der Waals surface area (Å²) < 4.78 is 7.01. The quantitative estimate of drug-likeness (QED) is 0.858. The molecule has 0 bridgehead atoms. The number of hydrogen-bond acceptors (Lipinski definition) is 4. The molecule has 102 valence electrons. The fourth-order valence-electron chi connectivity index (χ4n) is 1.77. The van der Waals surface area contributed by atoms with Gasteiger partial charge in [0.05, 0.1) is 17.6 Å². The van der Waals surface area contributed by atoms with Crippen LogP contribution in [0.15, 0.2) is 12.4 Å². The predicted octanol–water partition coefficient (Wildman–Crippen LogP) is 2.69. The van der Waals surface area contributed by atoms with Crippen LogP contribution in [0.5, 0.6) is 0 Å². The molecule has 19 heavy (non-hydrogen) atoms. The predicted molar refractivity (Wildman–Crippen MR) is 72.3 cm³/mol. The highest BCUT2D eigenvalue weighted by Gasteiger charge is 2.17. The average molecular weight is 262 g/mol. The zero-order chi connectivity index (χ0) is 14.2. The Morgan fingerprint density at radius 1 is 1.26 bits per heavy atom. The highest BCUT2D eigenvalue weighted by Crippen LogP contribution is 2.14. The van der Waals surface area contributed by atoms with Gasteiger partial charge in [0.1, 0.15) is 5.60 Å². The summed E-state index contributed by atoms with van der Waals surface area (Å²) in [6.07, 6.45) is 3.08. The molecule has 0 radical (unpaired) electrons. The molecule has 0 saturated heterocycles. The minimum atomic E-state index is -0.530. The molecule has 2 heterocycles. The molecule has 0 atom stereocenters. The number of amides is 1. The molecule has 0 aliphatic rings. The molecule has 0 unspecified atom stereocenters. The van der Waals surface area contributed by atoms with Gasteiger partial charge in [0.2, 0.25) is 0 Å². The first-order valence-electron chi connectivity index (χ1n) is 6.07. The molecule has 2 aromatic heterocycles. The Hall–Kier alpha value is -2.11. The Balaban J connectivity index is 2.23. The van der Waals surface area contributed by atoms with Crippen LogP contribution in [0.4, 0.5) is 10.6 Å². The number of anilines is 1. The molecule has 6 nitrogen and oxygen atoms in total. The van der Waals surface area contributed by atoms with Gasteiger partial charge in [-0.3, -0.25) is 10.3 Å². The van der Waals surface area contributed by atoms with E-state index in [1.165, 1.54) is 0 Å². The lowest BCUT2D eigenvalue weighted by Gasteiger charge is -2.18. The third kappa shape index (κ3) is 3.21. The number of nitrogens with zero attached hydrogens (tertiary/aromatic N) is 3. The van der Waals surface area contributed by atoms with Gasteiger partial charge in [0, 0.05) is 6.20 Å². The SMILES string of the molecule is Cc1cn2cc(NC(=O)OC(C)(C)C)nc2c(C)n1. The molecule has 0 fully saturated rings. The molecular formula is C13H18N4O2. The monoisotopic (exact) mass is 262 g/mol. The van der Waals surface area contributed by atoms with Gasteiger partial charge in [-0.2, -0.15) is 0 Å². The number of carbonyl (C=O) groups is 1. The van der Waals surface area contributed by atoms with Crippen molar-refractivity contribution in [2.75, 3.05) is 5.32 Å². The van der Waals surface area contributed by atoms with Crippen LogP contribution in [-0.4, -0.2) is 26.1 Å². The Kier molecular flexibility index (Phi) is 3.18. The van der Waals surface area contributed by atoms with E-state index in [4.69, 9.17) is 4.74 Å². The Labute approximate surface area is 111 Å². The second-order valence-electron chi connectivity index (χ2n) is 5.45. The first kappa shape index (κ1) is 13.3. The van der Waals surface area contributed by atoms with Crippen molar-refractivity contribution in [1.82, 2.24) is 14.4 Å². The van der Waals surface area contributed by atoms with E-state index < -0.39 is 11.7 Å². The Morgan fingerprint density at radius 3 is 2.58 bits per heavy atom. The molecule has 0 aromatic carbocycles. The topological polar surface area (TPSA) is 68.5 Å². The maximum absolute atomic E-state index is 11.7. The largest absolute Gasteiger partial charge is 0.444 e. The van der Waals surface area contributed by atoms with Crippen LogP contribution in [0.1, 0.15) is 32.2 Å². The lowest BCUT2D eigenvalue weighted by atomic mass is 10.2. The van der Waals surface area contributed by atoms with Crippen LogP contribution in [0.25, 0.3) is 5.65 Å². The summed E-state index contributed by atoms with van der Waals surface area (Å²) in [5, 5.41) is 2.61. The van der Waals surface area contributed by atoms with E-state index in [1.54, 1.807) is 6.20 Å². The number of nitrogens with one attached hydrogen (secondary N) is 1. The van der Waals surface area contributed by atoms with Gasteiger partial charge in [0.15, 0.2) is 11.5 Å². The fraction of sp³-hybridized carbons (Fsp3) is 0.462. The minimum absolute atomic E-state index is 0.449. The number of aromatic nitrogens is 3. The molecule has 0 aliphatic carbocycles. The van der Waals surface area contributed by atoms with Crippen molar-refractivity contribution >= 4 is 17.6 Å². The van der Waals surface area contributed by atoms with Crippen LogP contribution in [0, 0.1) is 13.8 Å². The van der Waals surface area contributed by atoms with Gasteiger partial charge in [-0.05, 0) is 34.6 Å². The standard InChI is InChI=1S/C13H18N4O2/c1-8-6-17-7-10(15-11(17)9(2)14-8)16-12(18)19-13(3,4)5/h6-7H,1-5H3,(H,16,18). The van der Waals surface area contributed by atoms with E-state index in [2.05, 4.69) is 15.3 Å². The van der Waals surface area contributed by atoms with Crippen molar-refractivity contribution < 1.29 is 9.53 Å². The first-order chi connectivity index (χ1) is 8.74. The second kappa shape index (κ2) is 4.53. The number of rotatable bonds is 1. The van der Waals surface area contributed by atoms with Gasteiger partial charge in [-0.25, -0.2) is 9.78 Å². The third-order valence-electron chi connectivity index (χ3n) is 2.35. The van der Waals surface area contributed by atoms with Crippen LogP contribution in [0.3, 0.4) is 0 Å². The summed E-state index contributed by atoms with van der Waals surface area (Å²) in [6, 6.07) is 0. The molecule has 1 N–H and O–H groups in total. The zero-order valence-electron chi connectivity index (χ0n) is 11.8. The van der Waals surface area contributed by atoms with Gasteiger partial charge >= 0.3 is 6.09 Å². The summed E-state index contributed by atoms with van der Waals surface area (Å²) in [6.45, 7) is 9.23. The lowest BCUT2D eigenvalue weighted by Crippen LogP contribution is -2.27. The Morgan fingerprint density at radius 2 is 1.95 bits per heavy atom. The Bertz CT molecular complexity index is 625. The molecular weight excluding hydrogens is 244 g/mol. The van der Waals surface area contributed by atoms with Gasteiger partial charge in [-0.15, -0.1) is 0 Å². The maximum atomic E-state index is 11.7. The smallest absolute Gasteiger partial charge is 0.413 e. The number of ether oxygens (including phenoxy) is 1. The summed E-state index contributed by atoms with van der Waals surface area (Å²) in [5.74, 6) is 0.449. The molecule has 0 aliphatic heterocycles. The number of hydrogen-bond donors (Lipinski definition) is 1. The zero-order valence-corrected chi connectivity index (χ0v) is 11.8. The van der Waals surface area contributed by atoms with Crippen molar-refractivity contribution in [1.29, 1.82) is 0 Å². The summed E-state index contributed by atoms with van der Waals surface area (Å²) in [7, 11) is 0. The molecule has 6 heteroatoms. The highest BCUT2D eigenvalue weighted by molar-refractivity contribution is 5.84. The van der Waals surface area contributed by atoms with E-state index in [1.807, 2.05) is 45.2 Å². The summed E-state index contributed by atoms with van der Waals surface area (Å²) in [5.41, 5.74) is 1.90. The van der Waals surface area contributed by atoms with E-state index >= 15 is 0 Å². The highest BCUT2D eigenvalue weighted by atomic mass is 16.6.